The summed E-state index contributed by atoms with van der Waals surface area (Å²) in [6.07, 6.45) is -0.0386. The van der Waals surface area contributed by atoms with E-state index in [1.54, 1.807) is 0 Å². The van der Waals surface area contributed by atoms with Gasteiger partial charge < -0.3 is 14.9 Å². The van der Waals surface area contributed by atoms with E-state index >= 15 is 0 Å². The topological polar surface area (TPSA) is 101 Å². The molecule has 102 valence electrons. The maximum atomic E-state index is 11.5. The fourth-order valence-electron chi connectivity index (χ4n) is 1.16. The number of carbonyl (C=O) groups excluding carboxylic acids is 1. The predicted molar refractivity (Wildman–Crippen MR) is 62.9 cm³/mol. The molecule has 0 aromatic heterocycles. The van der Waals surface area contributed by atoms with Gasteiger partial charge in [0.15, 0.2) is 0 Å². The molecular weight excluding hydrogens is 240 g/mol. The third-order valence-electron chi connectivity index (χ3n) is 2.29. The molecule has 0 aliphatic rings. The standard InChI is InChI=1S/C12H18O6/c1-7(2)4-5-18-12(17)8(3)9(11(15)16)6-10(13)14/h7,9H,3-6H2,1-2H3,(H,13,14)(H,15,16). The molecular formula is C12H18O6. The molecule has 0 amide bonds. The number of esters is 1. The Morgan fingerprint density at radius 2 is 1.78 bits per heavy atom. The minimum atomic E-state index is -1.45. The normalized spacial score (nSPS) is 11.9. The first-order valence-corrected chi connectivity index (χ1v) is 5.56. The van der Waals surface area contributed by atoms with E-state index in [0.29, 0.717) is 12.3 Å². The first-order chi connectivity index (χ1) is 8.25. The van der Waals surface area contributed by atoms with Crippen LogP contribution in [0.15, 0.2) is 12.2 Å². The van der Waals surface area contributed by atoms with Crippen molar-refractivity contribution in [2.45, 2.75) is 26.7 Å². The molecule has 0 saturated carbocycles. The van der Waals surface area contributed by atoms with E-state index in [1.807, 2.05) is 13.8 Å². The minimum absolute atomic E-state index is 0.162. The lowest BCUT2D eigenvalue weighted by atomic mass is 9.97. The van der Waals surface area contributed by atoms with Gasteiger partial charge in [-0.05, 0) is 12.3 Å². The van der Waals surface area contributed by atoms with Gasteiger partial charge in [0.2, 0.25) is 0 Å². The number of rotatable bonds is 8. The number of carboxylic acids is 2. The lowest BCUT2D eigenvalue weighted by Crippen LogP contribution is -2.25. The van der Waals surface area contributed by atoms with Gasteiger partial charge in [-0.3, -0.25) is 9.59 Å². The molecule has 0 aromatic carbocycles. The Labute approximate surface area is 105 Å². The number of aliphatic carboxylic acids is 2. The second-order valence-electron chi connectivity index (χ2n) is 4.33. The van der Waals surface area contributed by atoms with Crippen molar-refractivity contribution in [3.63, 3.8) is 0 Å². The molecule has 0 spiro atoms. The number of hydrogen-bond donors (Lipinski definition) is 2. The van der Waals surface area contributed by atoms with Gasteiger partial charge in [-0.25, -0.2) is 4.79 Å². The van der Waals surface area contributed by atoms with Crippen LogP contribution in [0.2, 0.25) is 0 Å². The van der Waals surface area contributed by atoms with Crippen molar-refractivity contribution in [2.24, 2.45) is 11.8 Å². The molecule has 6 nitrogen and oxygen atoms in total. The summed E-state index contributed by atoms with van der Waals surface area (Å²) in [7, 11) is 0. The van der Waals surface area contributed by atoms with Crippen LogP contribution in [0, 0.1) is 11.8 Å². The van der Waals surface area contributed by atoms with Crippen LogP contribution < -0.4 is 0 Å². The zero-order chi connectivity index (χ0) is 14.3. The molecule has 0 heterocycles. The Bertz CT molecular complexity index is 344. The molecule has 0 rings (SSSR count). The lowest BCUT2D eigenvalue weighted by molar-refractivity contribution is -0.149. The van der Waals surface area contributed by atoms with Crippen LogP contribution in [0.25, 0.3) is 0 Å². The Hall–Kier alpha value is -1.85. The molecule has 1 unspecified atom stereocenters. The van der Waals surface area contributed by atoms with Crippen molar-refractivity contribution in [1.29, 1.82) is 0 Å². The van der Waals surface area contributed by atoms with Crippen LogP contribution in [-0.4, -0.2) is 34.7 Å². The predicted octanol–water partition coefficient (Wildman–Crippen LogP) is 1.31. The Morgan fingerprint density at radius 1 is 1.22 bits per heavy atom. The molecule has 0 bridgehead atoms. The van der Waals surface area contributed by atoms with E-state index in [1.165, 1.54) is 0 Å². The summed E-state index contributed by atoms with van der Waals surface area (Å²) in [5, 5.41) is 17.4. The van der Waals surface area contributed by atoms with Gasteiger partial charge >= 0.3 is 17.9 Å². The smallest absolute Gasteiger partial charge is 0.334 e. The van der Waals surface area contributed by atoms with Gasteiger partial charge in [-0.2, -0.15) is 0 Å². The van der Waals surface area contributed by atoms with Gasteiger partial charge in [0.05, 0.1) is 18.9 Å². The molecule has 0 radical (unpaired) electrons. The molecule has 2 N–H and O–H groups in total. The average Bonchev–Trinajstić information content (AvgIpc) is 2.23. The van der Waals surface area contributed by atoms with Gasteiger partial charge in [0.25, 0.3) is 0 Å². The Morgan fingerprint density at radius 3 is 2.17 bits per heavy atom. The molecule has 0 saturated heterocycles. The highest BCUT2D eigenvalue weighted by atomic mass is 16.5. The summed E-state index contributed by atoms with van der Waals surface area (Å²) >= 11 is 0. The maximum absolute atomic E-state index is 11.5. The molecule has 0 aliphatic heterocycles. The van der Waals surface area contributed by atoms with E-state index in [9.17, 15) is 14.4 Å². The van der Waals surface area contributed by atoms with Gasteiger partial charge in [-0.15, -0.1) is 0 Å². The first-order valence-electron chi connectivity index (χ1n) is 5.56. The van der Waals surface area contributed by atoms with Gasteiger partial charge in [0, 0.05) is 5.57 Å². The van der Waals surface area contributed by atoms with E-state index in [2.05, 4.69) is 6.58 Å². The van der Waals surface area contributed by atoms with Crippen LogP contribution in [-0.2, 0) is 19.1 Å². The van der Waals surface area contributed by atoms with E-state index in [0.717, 1.165) is 0 Å². The molecule has 6 heteroatoms. The van der Waals surface area contributed by atoms with Gasteiger partial charge in [-0.1, -0.05) is 20.4 Å². The summed E-state index contributed by atoms with van der Waals surface area (Å²) in [4.78, 5) is 32.8. The highest BCUT2D eigenvalue weighted by Crippen LogP contribution is 2.16. The second-order valence-corrected chi connectivity index (χ2v) is 4.33. The minimum Gasteiger partial charge on any atom is -0.481 e. The fraction of sp³-hybridized carbons (Fsp3) is 0.583. The van der Waals surface area contributed by atoms with Crippen molar-refractivity contribution in [2.75, 3.05) is 6.61 Å². The number of carbonyl (C=O) groups is 3. The van der Waals surface area contributed by atoms with Crippen molar-refractivity contribution in [1.82, 2.24) is 0 Å². The van der Waals surface area contributed by atoms with Crippen LogP contribution >= 0.6 is 0 Å². The van der Waals surface area contributed by atoms with E-state index in [4.69, 9.17) is 14.9 Å². The number of hydrogen-bond acceptors (Lipinski definition) is 4. The third-order valence-corrected chi connectivity index (χ3v) is 2.29. The third kappa shape index (κ3) is 6.03. The molecule has 18 heavy (non-hydrogen) atoms. The molecule has 0 aliphatic carbocycles. The van der Waals surface area contributed by atoms with Crippen molar-refractivity contribution in [3.05, 3.63) is 12.2 Å². The average molecular weight is 258 g/mol. The summed E-state index contributed by atoms with van der Waals surface area (Å²) in [6.45, 7) is 7.37. The summed E-state index contributed by atoms with van der Waals surface area (Å²) in [6, 6.07) is 0. The zero-order valence-electron chi connectivity index (χ0n) is 10.5. The monoisotopic (exact) mass is 258 g/mol. The first kappa shape index (κ1) is 16.1. The molecule has 0 aromatic rings. The van der Waals surface area contributed by atoms with E-state index in [-0.39, 0.29) is 12.2 Å². The van der Waals surface area contributed by atoms with Crippen molar-refractivity contribution < 1.29 is 29.3 Å². The molecule has 1 atom stereocenters. The van der Waals surface area contributed by atoms with Gasteiger partial charge in [0.1, 0.15) is 0 Å². The van der Waals surface area contributed by atoms with E-state index < -0.39 is 30.2 Å². The largest absolute Gasteiger partial charge is 0.481 e. The second kappa shape index (κ2) is 7.47. The van der Waals surface area contributed by atoms with Crippen LogP contribution in [0.4, 0.5) is 0 Å². The fourth-order valence-corrected chi connectivity index (χ4v) is 1.16. The Balaban J connectivity index is 4.43. The summed E-state index contributed by atoms with van der Waals surface area (Å²) in [5.41, 5.74) is -0.339. The molecule has 0 fully saturated rings. The SMILES string of the molecule is C=C(C(=O)OCCC(C)C)C(CC(=O)O)C(=O)O. The lowest BCUT2D eigenvalue weighted by Gasteiger charge is -2.13. The van der Waals surface area contributed by atoms with Crippen molar-refractivity contribution in [3.8, 4) is 0 Å². The zero-order valence-corrected chi connectivity index (χ0v) is 10.5. The Kier molecular flexibility index (Phi) is 6.70. The number of ether oxygens (including phenoxy) is 1. The summed E-state index contributed by atoms with van der Waals surface area (Å²) in [5.74, 6) is -4.67. The highest BCUT2D eigenvalue weighted by molar-refractivity contribution is 5.96. The number of carboxylic acid groups (broad SMARTS) is 2. The van der Waals surface area contributed by atoms with Crippen molar-refractivity contribution >= 4 is 17.9 Å². The summed E-state index contributed by atoms with van der Waals surface area (Å²) < 4.78 is 4.83. The maximum Gasteiger partial charge on any atom is 0.334 e. The van der Waals surface area contributed by atoms with Crippen LogP contribution in [0.5, 0.6) is 0 Å². The quantitative estimate of drug-likeness (QED) is 0.503. The van der Waals surface area contributed by atoms with Crippen LogP contribution in [0.1, 0.15) is 26.7 Å². The highest BCUT2D eigenvalue weighted by Gasteiger charge is 2.29. The van der Waals surface area contributed by atoms with Crippen LogP contribution in [0.3, 0.4) is 0 Å².